The van der Waals surface area contributed by atoms with Crippen molar-refractivity contribution in [2.24, 2.45) is 0 Å². The number of carbonyl (C=O) groups is 2. The van der Waals surface area contributed by atoms with Crippen LogP contribution < -0.4 is 10.0 Å². The molecule has 1 rings (SSSR count). The van der Waals surface area contributed by atoms with Crippen LogP contribution in [0.2, 0.25) is 0 Å². The molecule has 0 saturated heterocycles. The normalized spacial score (nSPS) is 10.8. The lowest BCUT2D eigenvalue weighted by atomic mass is 10.3. The third-order valence-corrected chi connectivity index (χ3v) is 3.81. The number of hydrogen-bond acceptors (Lipinski definition) is 4. The van der Waals surface area contributed by atoms with Crippen molar-refractivity contribution in [3.8, 4) is 0 Å². The Labute approximate surface area is 120 Å². The zero-order valence-corrected chi connectivity index (χ0v) is 11.8. The van der Waals surface area contributed by atoms with E-state index in [1.165, 1.54) is 24.3 Å². The average Bonchev–Trinajstić information content (AvgIpc) is 2.38. The minimum atomic E-state index is -3.95. The van der Waals surface area contributed by atoms with Crippen LogP contribution in [0.25, 0.3) is 0 Å². The Balaban J connectivity index is 2.86. The van der Waals surface area contributed by atoms with Crippen LogP contribution >= 0.6 is 23.2 Å². The van der Waals surface area contributed by atoms with E-state index in [1.807, 2.05) is 0 Å². The molecule has 0 fully saturated rings. The topological polar surface area (TPSA) is 92.3 Å². The van der Waals surface area contributed by atoms with Gasteiger partial charge in [0.05, 0.1) is 4.90 Å². The first-order chi connectivity index (χ1) is 8.89. The number of halogens is 2. The highest BCUT2D eigenvalue weighted by atomic mass is 35.5. The Hall–Kier alpha value is -1.31. The molecule has 0 spiro atoms. The molecule has 19 heavy (non-hydrogen) atoms. The van der Waals surface area contributed by atoms with E-state index in [1.54, 1.807) is 4.72 Å². The maximum absolute atomic E-state index is 11.7. The van der Waals surface area contributed by atoms with Crippen molar-refractivity contribution in [3.05, 3.63) is 24.3 Å². The van der Waals surface area contributed by atoms with Gasteiger partial charge in [-0.2, -0.15) is 0 Å². The molecular formula is C10H10Cl2N2O4S. The zero-order valence-electron chi connectivity index (χ0n) is 9.52. The van der Waals surface area contributed by atoms with Gasteiger partial charge >= 0.3 is 0 Å². The molecule has 1 aromatic rings. The average molecular weight is 325 g/mol. The van der Waals surface area contributed by atoms with Crippen molar-refractivity contribution in [3.63, 3.8) is 0 Å². The number of anilines is 1. The third kappa shape index (κ3) is 4.70. The van der Waals surface area contributed by atoms with E-state index < -0.39 is 27.7 Å². The summed E-state index contributed by atoms with van der Waals surface area (Å²) in [7, 11) is -3.95. The molecule has 0 aliphatic carbocycles. The summed E-state index contributed by atoms with van der Waals surface area (Å²) in [4.78, 5) is 21.9. The molecule has 9 heteroatoms. The van der Waals surface area contributed by atoms with E-state index in [4.69, 9.17) is 23.2 Å². The summed E-state index contributed by atoms with van der Waals surface area (Å²) in [5, 5.41) is 2.45. The maximum atomic E-state index is 11.7. The molecule has 0 heterocycles. The summed E-state index contributed by atoms with van der Waals surface area (Å²) < 4.78 is 25.2. The molecule has 0 unspecified atom stereocenters. The fourth-order valence-electron chi connectivity index (χ4n) is 1.15. The number of rotatable bonds is 5. The fraction of sp³-hybridized carbons (Fsp3) is 0.200. The van der Waals surface area contributed by atoms with Gasteiger partial charge < -0.3 is 5.32 Å². The highest BCUT2D eigenvalue weighted by molar-refractivity contribution is 7.90. The van der Waals surface area contributed by atoms with Crippen LogP contribution in [0, 0.1) is 0 Å². The van der Waals surface area contributed by atoms with Gasteiger partial charge in [-0.3, -0.25) is 9.59 Å². The lowest BCUT2D eigenvalue weighted by molar-refractivity contribution is -0.117. The number of sulfonamides is 1. The molecule has 6 nitrogen and oxygen atoms in total. The minimum absolute atomic E-state index is 0.116. The standard InChI is InChI=1S/C10H10Cl2N2O4S/c11-5-9(15)13-7-1-3-8(4-2-7)19(17,18)14-10(16)6-12/h1-4H,5-6H2,(H,13,15)(H,14,16). The Morgan fingerprint density at radius 2 is 1.53 bits per heavy atom. The predicted octanol–water partition coefficient (Wildman–Crippen LogP) is 0.908. The summed E-state index contributed by atoms with van der Waals surface area (Å²) in [5.41, 5.74) is 0.397. The second kappa shape index (κ2) is 6.74. The van der Waals surface area contributed by atoms with E-state index in [0.29, 0.717) is 5.69 Å². The van der Waals surface area contributed by atoms with Crippen molar-refractivity contribution in [2.45, 2.75) is 4.90 Å². The van der Waals surface area contributed by atoms with Gasteiger partial charge in [0.25, 0.3) is 10.0 Å². The van der Waals surface area contributed by atoms with Crippen molar-refractivity contribution in [2.75, 3.05) is 17.1 Å². The lowest BCUT2D eigenvalue weighted by Gasteiger charge is -2.07. The summed E-state index contributed by atoms with van der Waals surface area (Å²) in [6.45, 7) is 0. The Kier molecular flexibility index (Phi) is 5.59. The van der Waals surface area contributed by atoms with Gasteiger partial charge in [0.1, 0.15) is 11.8 Å². The van der Waals surface area contributed by atoms with Crippen LogP contribution in [-0.2, 0) is 19.6 Å². The molecule has 0 radical (unpaired) electrons. The molecule has 1 aromatic carbocycles. The third-order valence-electron chi connectivity index (χ3n) is 1.94. The first-order valence-corrected chi connectivity index (χ1v) is 7.52. The quantitative estimate of drug-likeness (QED) is 0.787. The van der Waals surface area contributed by atoms with Crippen LogP contribution in [-0.4, -0.2) is 32.0 Å². The predicted molar refractivity (Wildman–Crippen MR) is 71.8 cm³/mol. The van der Waals surface area contributed by atoms with Gasteiger partial charge in [0, 0.05) is 5.69 Å². The van der Waals surface area contributed by atoms with Crippen molar-refractivity contribution >= 4 is 50.7 Å². The van der Waals surface area contributed by atoms with Gasteiger partial charge in [0.15, 0.2) is 0 Å². The molecule has 0 atom stereocenters. The monoisotopic (exact) mass is 324 g/mol. The molecule has 0 aromatic heterocycles. The lowest BCUT2D eigenvalue weighted by Crippen LogP contribution is -2.31. The summed E-state index contributed by atoms with van der Waals surface area (Å²) in [6, 6.07) is 5.25. The maximum Gasteiger partial charge on any atom is 0.264 e. The second-order valence-electron chi connectivity index (χ2n) is 3.37. The van der Waals surface area contributed by atoms with Crippen LogP contribution in [0.3, 0.4) is 0 Å². The van der Waals surface area contributed by atoms with E-state index in [2.05, 4.69) is 5.32 Å². The number of nitrogens with one attached hydrogen (secondary N) is 2. The number of amides is 2. The van der Waals surface area contributed by atoms with Crippen molar-refractivity contribution in [1.29, 1.82) is 0 Å². The number of carbonyl (C=O) groups excluding carboxylic acids is 2. The Morgan fingerprint density at radius 3 is 2.00 bits per heavy atom. The summed E-state index contributed by atoms with van der Waals surface area (Å²) in [5.74, 6) is -1.89. The van der Waals surface area contributed by atoms with Crippen LogP contribution in [0.5, 0.6) is 0 Å². The van der Waals surface area contributed by atoms with E-state index in [-0.39, 0.29) is 10.8 Å². The van der Waals surface area contributed by atoms with Crippen molar-refractivity contribution < 1.29 is 18.0 Å². The van der Waals surface area contributed by atoms with E-state index in [0.717, 1.165) is 0 Å². The highest BCUT2D eigenvalue weighted by Gasteiger charge is 2.16. The van der Waals surface area contributed by atoms with Gasteiger partial charge in [0.2, 0.25) is 11.8 Å². The molecular weight excluding hydrogens is 315 g/mol. The SMILES string of the molecule is O=C(CCl)Nc1ccc(S(=O)(=O)NC(=O)CCl)cc1. The fourth-order valence-corrected chi connectivity index (χ4v) is 2.34. The zero-order chi connectivity index (χ0) is 14.5. The summed E-state index contributed by atoms with van der Waals surface area (Å²) >= 11 is 10.5. The van der Waals surface area contributed by atoms with Gasteiger partial charge in [-0.25, -0.2) is 13.1 Å². The largest absolute Gasteiger partial charge is 0.325 e. The minimum Gasteiger partial charge on any atom is -0.325 e. The van der Waals surface area contributed by atoms with Crippen LogP contribution in [0.4, 0.5) is 5.69 Å². The number of benzene rings is 1. The van der Waals surface area contributed by atoms with Gasteiger partial charge in [-0.05, 0) is 24.3 Å². The molecule has 0 bridgehead atoms. The van der Waals surface area contributed by atoms with Crippen LogP contribution in [0.15, 0.2) is 29.2 Å². The van der Waals surface area contributed by atoms with Crippen LogP contribution in [0.1, 0.15) is 0 Å². The molecule has 0 aliphatic heterocycles. The number of hydrogen-bond donors (Lipinski definition) is 2. The Morgan fingerprint density at radius 1 is 1.00 bits per heavy atom. The van der Waals surface area contributed by atoms with Gasteiger partial charge in [-0.1, -0.05) is 0 Å². The molecule has 0 aliphatic rings. The van der Waals surface area contributed by atoms with E-state index in [9.17, 15) is 18.0 Å². The molecule has 0 saturated carbocycles. The molecule has 2 N–H and O–H groups in total. The van der Waals surface area contributed by atoms with Crippen molar-refractivity contribution in [1.82, 2.24) is 4.72 Å². The van der Waals surface area contributed by atoms with E-state index >= 15 is 0 Å². The summed E-state index contributed by atoms with van der Waals surface area (Å²) in [6.07, 6.45) is 0. The molecule has 104 valence electrons. The first-order valence-electron chi connectivity index (χ1n) is 4.96. The molecule has 2 amide bonds. The highest BCUT2D eigenvalue weighted by Crippen LogP contribution is 2.14. The Bertz CT molecular complexity index is 572. The van der Waals surface area contributed by atoms with Gasteiger partial charge in [-0.15, -0.1) is 23.2 Å². The first kappa shape index (κ1) is 15.7. The second-order valence-corrected chi connectivity index (χ2v) is 5.59. The smallest absolute Gasteiger partial charge is 0.264 e. The number of alkyl halides is 2.